The summed E-state index contributed by atoms with van der Waals surface area (Å²) >= 11 is 2.08. The van der Waals surface area contributed by atoms with Gasteiger partial charge in [0.05, 0.1) is 13.2 Å². The van der Waals surface area contributed by atoms with Gasteiger partial charge in [-0.1, -0.05) is 6.92 Å². The van der Waals surface area contributed by atoms with Crippen LogP contribution in [0.1, 0.15) is 19.8 Å². The molecule has 0 amide bonds. The summed E-state index contributed by atoms with van der Waals surface area (Å²) in [5, 5.41) is 3.72. The van der Waals surface area contributed by atoms with Crippen molar-refractivity contribution in [1.29, 1.82) is 0 Å². The van der Waals surface area contributed by atoms with E-state index < -0.39 is 0 Å². The van der Waals surface area contributed by atoms with E-state index in [1.165, 1.54) is 24.3 Å². The second-order valence-electron chi connectivity index (χ2n) is 4.20. The summed E-state index contributed by atoms with van der Waals surface area (Å²) in [5.41, 5.74) is 0. The first kappa shape index (κ1) is 9.81. The minimum Gasteiger partial charge on any atom is -0.379 e. The van der Waals surface area contributed by atoms with E-state index in [-0.39, 0.29) is 0 Å². The molecule has 2 saturated heterocycles. The largest absolute Gasteiger partial charge is 0.379 e. The average molecular weight is 201 g/mol. The minimum atomic E-state index is 0.615. The van der Waals surface area contributed by atoms with Crippen molar-refractivity contribution in [2.75, 3.05) is 24.7 Å². The molecule has 76 valence electrons. The first-order chi connectivity index (χ1) is 6.36. The maximum absolute atomic E-state index is 5.44. The van der Waals surface area contributed by atoms with E-state index in [0.29, 0.717) is 12.0 Å². The summed E-state index contributed by atoms with van der Waals surface area (Å²) in [6, 6.07) is 1.36. The summed E-state index contributed by atoms with van der Waals surface area (Å²) in [6.07, 6.45) is 2.74. The lowest BCUT2D eigenvalue weighted by atomic mass is 10.0. The highest BCUT2D eigenvalue weighted by atomic mass is 32.2. The van der Waals surface area contributed by atoms with Gasteiger partial charge in [-0.25, -0.2) is 0 Å². The molecule has 1 N–H and O–H groups in total. The Morgan fingerprint density at radius 1 is 1.38 bits per heavy atom. The third-order valence-corrected chi connectivity index (χ3v) is 4.19. The van der Waals surface area contributed by atoms with E-state index in [1.54, 1.807) is 0 Å². The van der Waals surface area contributed by atoms with Gasteiger partial charge in [0.1, 0.15) is 0 Å². The number of ether oxygens (including phenoxy) is 1. The molecule has 3 heteroatoms. The van der Waals surface area contributed by atoms with Crippen LogP contribution < -0.4 is 5.32 Å². The molecule has 0 aromatic carbocycles. The van der Waals surface area contributed by atoms with Gasteiger partial charge in [0, 0.05) is 17.8 Å². The maximum Gasteiger partial charge on any atom is 0.0623 e. The SMILES string of the molecule is CC1COCC1NC1CCCSC1. The fourth-order valence-electron chi connectivity index (χ4n) is 2.05. The van der Waals surface area contributed by atoms with Crippen LogP contribution in [-0.4, -0.2) is 36.8 Å². The zero-order valence-corrected chi connectivity index (χ0v) is 9.11. The van der Waals surface area contributed by atoms with Crippen molar-refractivity contribution < 1.29 is 4.74 Å². The van der Waals surface area contributed by atoms with E-state index in [4.69, 9.17) is 4.74 Å². The van der Waals surface area contributed by atoms with Gasteiger partial charge < -0.3 is 10.1 Å². The Morgan fingerprint density at radius 2 is 2.31 bits per heavy atom. The van der Waals surface area contributed by atoms with E-state index in [2.05, 4.69) is 24.0 Å². The van der Waals surface area contributed by atoms with Crippen LogP contribution in [0.5, 0.6) is 0 Å². The van der Waals surface area contributed by atoms with Crippen LogP contribution in [0.3, 0.4) is 0 Å². The van der Waals surface area contributed by atoms with Crippen LogP contribution >= 0.6 is 11.8 Å². The van der Waals surface area contributed by atoms with Crippen molar-refractivity contribution in [2.45, 2.75) is 31.8 Å². The van der Waals surface area contributed by atoms with Gasteiger partial charge in [-0.15, -0.1) is 0 Å². The minimum absolute atomic E-state index is 0.615. The molecule has 0 bridgehead atoms. The molecule has 2 aliphatic heterocycles. The Morgan fingerprint density at radius 3 is 2.92 bits per heavy atom. The van der Waals surface area contributed by atoms with E-state index in [1.807, 2.05) is 0 Å². The zero-order chi connectivity index (χ0) is 9.10. The third kappa shape index (κ3) is 2.61. The standard InChI is InChI=1S/C10H19NOS/c1-8-5-12-6-10(8)11-9-3-2-4-13-7-9/h8-11H,2-7H2,1H3. The molecule has 3 unspecified atom stereocenters. The van der Waals surface area contributed by atoms with Crippen molar-refractivity contribution in [3.8, 4) is 0 Å². The Balaban J connectivity index is 1.75. The zero-order valence-electron chi connectivity index (χ0n) is 8.29. The van der Waals surface area contributed by atoms with Gasteiger partial charge in [0.2, 0.25) is 0 Å². The predicted molar refractivity (Wildman–Crippen MR) is 57.3 cm³/mol. The van der Waals surface area contributed by atoms with Crippen LogP contribution in [0.15, 0.2) is 0 Å². The number of thioether (sulfide) groups is 1. The fourth-order valence-corrected chi connectivity index (χ4v) is 3.13. The highest BCUT2D eigenvalue weighted by Gasteiger charge is 2.26. The predicted octanol–water partition coefficient (Wildman–Crippen LogP) is 1.51. The van der Waals surface area contributed by atoms with Crippen molar-refractivity contribution in [3.05, 3.63) is 0 Å². The van der Waals surface area contributed by atoms with Crippen molar-refractivity contribution >= 4 is 11.8 Å². The molecule has 2 fully saturated rings. The van der Waals surface area contributed by atoms with Gasteiger partial charge in [-0.3, -0.25) is 0 Å². The highest BCUT2D eigenvalue weighted by molar-refractivity contribution is 7.99. The summed E-state index contributed by atoms with van der Waals surface area (Å²) in [5.74, 6) is 3.35. The average Bonchev–Trinajstić information content (AvgIpc) is 2.54. The van der Waals surface area contributed by atoms with E-state index >= 15 is 0 Å². The molecule has 2 rings (SSSR count). The smallest absolute Gasteiger partial charge is 0.0623 e. The van der Waals surface area contributed by atoms with Crippen LogP contribution in [0.25, 0.3) is 0 Å². The highest BCUT2D eigenvalue weighted by Crippen LogP contribution is 2.20. The van der Waals surface area contributed by atoms with Gasteiger partial charge in [0.25, 0.3) is 0 Å². The Kier molecular flexibility index (Phi) is 3.52. The maximum atomic E-state index is 5.44. The molecule has 0 radical (unpaired) electrons. The van der Waals surface area contributed by atoms with E-state index in [9.17, 15) is 0 Å². The number of hydrogen-bond acceptors (Lipinski definition) is 3. The molecule has 2 nitrogen and oxygen atoms in total. The number of rotatable bonds is 2. The second kappa shape index (κ2) is 4.67. The van der Waals surface area contributed by atoms with Crippen LogP contribution in [0.4, 0.5) is 0 Å². The lowest BCUT2D eigenvalue weighted by molar-refractivity contribution is 0.183. The number of nitrogens with one attached hydrogen (secondary N) is 1. The van der Waals surface area contributed by atoms with Gasteiger partial charge in [0.15, 0.2) is 0 Å². The molecule has 0 aliphatic carbocycles. The van der Waals surface area contributed by atoms with Crippen LogP contribution in [0.2, 0.25) is 0 Å². The molecule has 2 heterocycles. The normalized spacial score (nSPS) is 40.8. The quantitative estimate of drug-likeness (QED) is 0.731. The van der Waals surface area contributed by atoms with Gasteiger partial charge in [-0.05, 0) is 24.5 Å². The molecule has 2 aliphatic rings. The van der Waals surface area contributed by atoms with Crippen LogP contribution in [-0.2, 0) is 4.74 Å². The first-order valence-corrected chi connectivity index (χ1v) is 6.43. The second-order valence-corrected chi connectivity index (χ2v) is 5.35. The fraction of sp³-hybridized carbons (Fsp3) is 1.00. The Labute approximate surface area is 84.8 Å². The lowest BCUT2D eigenvalue weighted by Gasteiger charge is -2.27. The van der Waals surface area contributed by atoms with Crippen LogP contribution in [0, 0.1) is 5.92 Å². The molecular weight excluding hydrogens is 182 g/mol. The lowest BCUT2D eigenvalue weighted by Crippen LogP contribution is -2.44. The Hall–Kier alpha value is 0.270. The Bertz CT molecular complexity index is 159. The molecule has 3 atom stereocenters. The number of hydrogen-bond donors (Lipinski definition) is 1. The van der Waals surface area contributed by atoms with E-state index in [0.717, 1.165) is 19.3 Å². The first-order valence-electron chi connectivity index (χ1n) is 5.28. The molecule has 0 aromatic heterocycles. The van der Waals surface area contributed by atoms with Crippen molar-refractivity contribution in [1.82, 2.24) is 5.32 Å². The summed E-state index contributed by atoms with van der Waals surface area (Å²) in [6.45, 7) is 4.14. The van der Waals surface area contributed by atoms with Crippen molar-refractivity contribution in [3.63, 3.8) is 0 Å². The molecule has 0 spiro atoms. The van der Waals surface area contributed by atoms with Gasteiger partial charge in [-0.2, -0.15) is 11.8 Å². The van der Waals surface area contributed by atoms with Gasteiger partial charge >= 0.3 is 0 Å². The monoisotopic (exact) mass is 201 g/mol. The molecule has 0 aromatic rings. The summed E-state index contributed by atoms with van der Waals surface area (Å²) in [4.78, 5) is 0. The molecule has 13 heavy (non-hydrogen) atoms. The summed E-state index contributed by atoms with van der Waals surface area (Å²) < 4.78 is 5.44. The van der Waals surface area contributed by atoms with Crippen molar-refractivity contribution in [2.24, 2.45) is 5.92 Å². The topological polar surface area (TPSA) is 21.3 Å². The third-order valence-electron chi connectivity index (χ3n) is 2.98. The molecule has 0 saturated carbocycles. The summed E-state index contributed by atoms with van der Waals surface area (Å²) in [7, 11) is 0. The molecular formula is C10H19NOS.